The molecule has 98 valence electrons. The quantitative estimate of drug-likeness (QED) is 0.612. The van der Waals surface area contributed by atoms with E-state index in [9.17, 15) is 4.79 Å². The predicted molar refractivity (Wildman–Crippen MR) is 76.9 cm³/mol. The number of carbonyl (C=O) groups is 1. The van der Waals surface area contributed by atoms with Crippen molar-refractivity contribution in [2.45, 2.75) is 12.8 Å². The molecule has 0 bridgehead atoms. The molecule has 0 N–H and O–H groups in total. The maximum absolute atomic E-state index is 11.7. The van der Waals surface area contributed by atoms with Crippen LogP contribution in [-0.2, 0) is 11.2 Å². The maximum atomic E-state index is 11.7. The molecule has 0 saturated carbocycles. The van der Waals surface area contributed by atoms with Crippen molar-refractivity contribution >= 4 is 29.2 Å². The van der Waals surface area contributed by atoms with Crippen LogP contribution in [0, 0.1) is 0 Å². The first-order chi connectivity index (χ1) is 9.15. The molecular formula is C15H12Cl2O2. The summed E-state index contributed by atoms with van der Waals surface area (Å²) in [5.41, 5.74) is 1.00. The second-order valence-corrected chi connectivity index (χ2v) is 4.88. The standard InChI is InChI=1S/C15H12Cl2O2/c16-12-5-3-4-11(10-12)8-9-15(18)19-14-7-2-1-6-13(14)17/h1-7,10H,8-9H2. The first-order valence-corrected chi connectivity index (χ1v) is 6.60. The van der Waals surface area contributed by atoms with Gasteiger partial charge in [0.25, 0.3) is 0 Å². The fraction of sp³-hybridized carbons (Fsp3) is 0.133. The minimum Gasteiger partial charge on any atom is -0.425 e. The third kappa shape index (κ3) is 4.27. The highest BCUT2D eigenvalue weighted by atomic mass is 35.5. The number of carbonyl (C=O) groups excluding carboxylic acids is 1. The van der Waals surface area contributed by atoms with Gasteiger partial charge >= 0.3 is 5.97 Å². The van der Waals surface area contributed by atoms with E-state index in [1.165, 1.54) is 0 Å². The van der Waals surface area contributed by atoms with Gasteiger partial charge in [-0.15, -0.1) is 0 Å². The highest BCUT2D eigenvalue weighted by Crippen LogP contribution is 2.23. The van der Waals surface area contributed by atoms with E-state index in [2.05, 4.69) is 0 Å². The maximum Gasteiger partial charge on any atom is 0.311 e. The van der Waals surface area contributed by atoms with Gasteiger partial charge in [-0.25, -0.2) is 0 Å². The normalized spacial score (nSPS) is 10.2. The zero-order valence-corrected chi connectivity index (χ0v) is 11.6. The summed E-state index contributed by atoms with van der Waals surface area (Å²) in [4.78, 5) is 11.7. The van der Waals surface area contributed by atoms with Crippen molar-refractivity contribution in [1.29, 1.82) is 0 Å². The Morgan fingerprint density at radius 2 is 1.84 bits per heavy atom. The molecule has 0 atom stereocenters. The summed E-state index contributed by atoms with van der Waals surface area (Å²) in [6.45, 7) is 0. The number of rotatable bonds is 4. The van der Waals surface area contributed by atoms with Crippen LogP contribution in [0.15, 0.2) is 48.5 Å². The second kappa shape index (κ2) is 6.60. The largest absolute Gasteiger partial charge is 0.425 e. The van der Waals surface area contributed by atoms with E-state index in [1.54, 1.807) is 30.3 Å². The molecular weight excluding hydrogens is 283 g/mol. The molecule has 0 aromatic heterocycles. The molecule has 0 unspecified atom stereocenters. The van der Waals surface area contributed by atoms with Crippen molar-refractivity contribution in [3.05, 3.63) is 64.1 Å². The van der Waals surface area contributed by atoms with E-state index in [0.717, 1.165) is 5.56 Å². The van der Waals surface area contributed by atoms with Crippen LogP contribution < -0.4 is 4.74 Å². The Morgan fingerprint density at radius 3 is 2.58 bits per heavy atom. The molecule has 2 aromatic rings. The van der Waals surface area contributed by atoms with Crippen LogP contribution in [0.4, 0.5) is 0 Å². The number of ether oxygens (including phenoxy) is 1. The molecule has 0 radical (unpaired) electrons. The third-order valence-electron chi connectivity index (χ3n) is 2.57. The zero-order chi connectivity index (χ0) is 13.7. The Kier molecular flexibility index (Phi) is 4.83. The minimum atomic E-state index is -0.312. The summed E-state index contributed by atoms with van der Waals surface area (Å²) in [5.74, 6) is 0.0772. The van der Waals surface area contributed by atoms with Gasteiger partial charge in [-0.1, -0.05) is 47.5 Å². The molecule has 0 aliphatic carbocycles. The molecule has 0 aliphatic heterocycles. The van der Waals surface area contributed by atoms with Gasteiger partial charge in [0.1, 0.15) is 5.75 Å². The Hall–Kier alpha value is -1.51. The molecule has 0 fully saturated rings. The van der Waals surface area contributed by atoms with Gasteiger partial charge in [0.05, 0.1) is 5.02 Å². The molecule has 0 saturated heterocycles. The van der Waals surface area contributed by atoms with Crippen molar-refractivity contribution in [2.24, 2.45) is 0 Å². The van der Waals surface area contributed by atoms with Gasteiger partial charge in [0.2, 0.25) is 0 Å². The van der Waals surface area contributed by atoms with Gasteiger partial charge < -0.3 is 4.74 Å². The SMILES string of the molecule is O=C(CCc1cccc(Cl)c1)Oc1ccccc1Cl. The van der Waals surface area contributed by atoms with Gasteiger partial charge in [0.15, 0.2) is 0 Å². The average molecular weight is 295 g/mol. The Morgan fingerprint density at radius 1 is 1.05 bits per heavy atom. The van der Waals surface area contributed by atoms with E-state index < -0.39 is 0 Å². The lowest BCUT2D eigenvalue weighted by molar-refractivity contribution is -0.134. The number of benzene rings is 2. The first-order valence-electron chi connectivity index (χ1n) is 5.85. The molecule has 19 heavy (non-hydrogen) atoms. The average Bonchev–Trinajstić information content (AvgIpc) is 2.39. The Balaban J connectivity index is 1.90. The third-order valence-corrected chi connectivity index (χ3v) is 3.11. The summed E-state index contributed by atoms with van der Waals surface area (Å²) in [6.07, 6.45) is 0.870. The summed E-state index contributed by atoms with van der Waals surface area (Å²) < 4.78 is 5.19. The first kappa shape index (κ1) is 13.9. The lowest BCUT2D eigenvalue weighted by atomic mass is 10.1. The Bertz CT molecular complexity index is 582. The van der Waals surface area contributed by atoms with Gasteiger partial charge in [-0.05, 0) is 36.2 Å². The number of hydrogen-bond donors (Lipinski definition) is 0. The number of hydrogen-bond acceptors (Lipinski definition) is 2. The van der Waals surface area contributed by atoms with Crippen molar-refractivity contribution in [3.63, 3.8) is 0 Å². The molecule has 0 heterocycles. The lowest BCUT2D eigenvalue weighted by Crippen LogP contribution is -2.09. The van der Waals surface area contributed by atoms with Crippen molar-refractivity contribution in [3.8, 4) is 5.75 Å². The summed E-state index contributed by atoms with van der Waals surface area (Å²) in [6, 6.07) is 14.3. The topological polar surface area (TPSA) is 26.3 Å². The monoisotopic (exact) mass is 294 g/mol. The van der Waals surface area contributed by atoms with Crippen LogP contribution in [0.5, 0.6) is 5.75 Å². The van der Waals surface area contributed by atoms with Crippen molar-refractivity contribution < 1.29 is 9.53 Å². The summed E-state index contributed by atoms with van der Waals surface area (Å²) in [5, 5.41) is 1.09. The van der Waals surface area contributed by atoms with Crippen LogP contribution in [-0.4, -0.2) is 5.97 Å². The number of esters is 1. The smallest absolute Gasteiger partial charge is 0.311 e. The molecule has 0 spiro atoms. The van der Waals surface area contributed by atoms with Crippen LogP contribution in [0.25, 0.3) is 0 Å². The highest BCUT2D eigenvalue weighted by Gasteiger charge is 2.08. The zero-order valence-electron chi connectivity index (χ0n) is 10.1. The van der Waals surface area contributed by atoms with Crippen LogP contribution in [0.1, 0.15) is 12.0 Å². The number of para-hydroxylation sites is 1. The second-order valence-electron chi connectivity index (χ2n) is 4.03. The van der Waals surface area contributed by atoms with E-state index in [-0.39, 0.29) is 12.4 Å². The van der Waals surface area contributed by atoms with E-state index >= 15 is 0 Å². The summed E-state index contributed by atoms with van der Waals surface area (Å²) >= 11 is 11.8. The molecule has 2 aromatic carbocycles. The van der Waals surface area contributed by atoms with Crippen molar-refractivity contribution in [2.75, 3.05) is 0 Å². The molecule has 0 aliphatic rings. The fourth-order valence-electron chi connectivity index (χ4n) is 1.64. The summed E-state index contributed by atoms with van der Waals surface area (Å²) in [7, 11) is 0. The molecule has 2 rings (SSSR count). The number of halogens is 2. The van der Waals surface area contributed by atoms with Crippen LogP contribution >= 0.6 is 23.2 Å². The van der Waals surface area contributed by atoms with Crippen molar-refractivity contribution in [1.82, 2.24) is 0 Å². The molecule has 0 amide bonds. The predicted octanol–water partition coefficient (Wildman–Crippen LogP) is 4.53. The molecule has 2 nitrogen and oxygen atoms in total. The highest BCUT2D eigenvalue weighted by molar-refractivity contribution is 6.32. The van der Waals surface area contributed by atoms with Gasteiger partial charge in [0, 0.05) is 11.4 Å². The minimum absolute atomic E-state index is 0.283. The van der Waals surface area contributed by atoms with E-state index in [4.69, 9.17) is 27.9 Å². The van der Waals surface area contributed by atoms with Gasteiger partial charge in [-0.3, -0.25) is 4.79 Å². The van der Waals surface area contributed by atoms with E-state index in [1.807, 2.05) is 18.2 Å². The van der Waals surface area contributed by atoms with Crippen LogP contribution in [0.3, 0.4) is 0 Å². The molecule has 4 heteroatoms. The van der Waals surface area contributed by atoms with Gasteiger partial charge in [-0.2, -0.15) is 0 Å². The fourth-order valence-corrected chi connectivity index (χ4v) is 2.03. The van der Waals surface area contributed by atoms with E-state index in [0.29, 0.717) is 22.2 Å². The number of aryl methyl sites for hydroxylation is 1. The lowest BCUT2D eigenvalue weighted by Gasteiger charge is -2.06. The van der Waals surface area contributed by atoms with Crippen LogP contribution in [0.2, 0.25) is 10.0 Å². The Labute approximate surface area is 121 Å².